The summed E-state index contributed by atoms with van der Waals surface area (Å²) in [5.41, 5.74) is 0.922. The second-order valence-electron chi connectivity index (χ2n) is 7.00. The molecule has 3 rings (SSSR count). The maximum atomic E-state index is 4.61. The normalized spacial score (nSPS) is 10.6. The Morgan fingerprint density at radius 2 is 1.61 bits per heavy atom. The fourth-order valence-electron chi connectivity index (χ4n) is 3.10. The molecular weight excluding hydrogens is 346 g/mol. The summed E-state index contributed by atoms with van der Waals surface area (Å²) in [7, 11) is 0. The Hall–Kier alpha value is -2.87. The molecule has 3 heterocycles. The molecule has 0 saturated heterocycles. The van der Waals surface area contributed by atoms with Gasteiger partial charge in [0.25, 0.3) is 0 Å². The first kappa shape index (κ1) is 19.9. The van der Waals surface area contributed by atoms with Crippen LogP contribution in [0.1, 0.15) is 70.3 Å². The van der Waals surface area contributed by atoms with Crippen LogP contribution in [-0.2, 0) is 0 Å². The molecule has 0 atom stereocenters. The zero-order valence-electron chi connectivity index (χ0n) is 16.7. The van der Waals surface area contributed by atoms with Crippen LogP contribution >= 0.6 is 0 Å². The van der Waals surface area contributed by atoms with Gasteiger partial charge in [-0.25, -0.2) is 14.3 Å². The lowest BCUT2D eigenvalue weighted by Gasteiger charge is -2.03. The van der Waals surface area contributed by atoms with Crippen LogP contribution in [0.5, 0.6) is 0 Å². The van der Waals surface area contributed by atoms with Gasteiger partial charge in [0.05, 0.1) is 11.8 Å². The zero-order chi connectivity index (χ0) is 19.4. The van der Waals surface area contributed by atoms with Gasteiger partial charge in [0, 0.05) is 25.0 Å². The van der Waals surface area contributed by atoms with E-state index in [1.165, 1.54) is 51.4 Å². The lowest BCUT2D eigenvalue weighted by Crippen LogP contribution is -2.03. The van der Waals surface area contributed by atoms with Gasteiger partial charge < -0.3 is 0 Å². The Morgan fingerprint density at radius 1 is 0.857 bits per heavy atom. The monoisotopic (exact) mass is 375 g/mol. The van der Waals surface area contributed by atoms with Crippen molar-refractivity contribution in [2.75, 3.05) is 0 Å². The summed E-state index contributed by atoms with van der Waals surface area (Å²) in [6.45, 7) is 2.26. The van der Waals surface area contributed by atoms with Crippen molar-refractivity contribution in [2.45, 2.75) is 64.7 Å². The van der Waals surface area contributed by atoms with E-state index in [4.69, 9.17) is 0 Å². The fourth-order valence-corrected chi connectivity index (χ4v) is 3.10. The van der Waals surface area contributed by atoms with E-state index >= 15 is 0 Å². The summed E-state index contributed by atoms with van der Waals surface area (Å²) in [4.78, 5) is 4.61. The van der Waals surface area contributed by atoms with Crippen LogP contribution in [0.4, 0.5) is 0 Å². The summed E-state index contributed by atoms with van der Waals surface area (Å²) in [5, 5.41) is 8.61. The van der Waals surface area contributed by atoms with Crippen molar-refractivity contribution in [1.82, 2.24) is 24.5 Å². The highest BCUT2D eigenvalue weighted by Crippen LogP contribution is 2.10. The van der Waals surface area contributed by atoms with Crippen LogP contribution in [0.15, 0.2) is 49.1 Å². The Balaban J connectivity index is 1.45. The van der Waals surface area contributed by atoms with Crippen molar-refractivity contribution in [1.29, 1.82) is 0 Å². The molecule has 0 fully saturated rings. The Kier molecular flexibility index (Phi) is 7.87. The molecule has 0 radical (unpaired) electrons. The van der Waals surface area contributed by atoms with Crippen LogP contribution in [-0.4, -0.2) is 24.5 Å². The molecule has 0 bridgehead atoms. The Bertz CT molecular complexity index is 883. The van der Waals surface area contributed by atoms with E-state index in [-0.39, 0.29) is 0 Å². The number of rotatable bonds is 10. The summed E-state index contributed by atoms with van der Waals surface area (Å²) in [5.74, 6) is 8.01. The van der Waals surface area contributed by atoms with Crippen molar-refractivity contribution in [3.8, 4) is 23.5 Å². The van der Waals surface area contributed by atoms with E-state index in [1.807, 2.05) is 36.7 Å². The standard InChI is InChI=1S/C23H29N5/c1-2-3-4-5-6-7-8-9-10-11-14-21-19-25-28(20-21)23-16-12-15-22(26-23)27-18-13-17-24-27/h12-13,15-20H,2-10H2,1H3. The van der Waals surface area contributed by atoms with Gasteiger partial charge in [0.15, 0.2) is 11.6 Å². The third kappa shape index (κ3) is 6.09. The third-order valence-corrected chi connectivity index (χ3v) is 4.66. The lowest BCUT2D eigenvalue weighted by atomic mass is 10.1. The molecule has 0 amide bonds. The number of aromatic nitrogens is 5. The molecule has 0 aromatic carbocycles. The van der Waals surface area contributed by atoms with Crippen molar-refractivity contribution >= 4 is 0 Å². The van der Waals surface area contributed by atoms with Crippen LogP contribution in [0.25, 0.3) is 11.6 Å². The summed E-state index contributed by atoms with van der Waals surface area (Å²) >= 11 is 0. The summed E-state index contributed by atoms with van der Waals surface area (Å²) < 4.78 is 3.49. The quantitative estimate of drug-likeness (QED) is 0.355. The highest BCUT2D eigenvalue weighted by molar-refractivity contribution is 5.35. The minimum atomic E-state index is 0.754. The minimum absolute atomic E-state index is 0.754. The number of hydrogen-bond donors (Lipinski definition) is 0. The first-order valence-corrected chi connectivity index (χ1v) is 10.4. The average Bonchev–Trinajstić information content (AvgIpc) is 3.42. The van der Waals surface area contributed by atoms with Gasteiger partial charge in [-0.05, 0) is 24.6 Å². The molecule has 3 aromatic rings. The van der Waals surface area contributed by atoms with E-state index in [0.717, 1.165) is 23.6 Å². The first-order chi connectivity index (χ1) is 13.9. The molecule has 0 spiro atoms. The fraction of sp³-hybridized carbons (Fsp3) is 0.435. The van der Waals surface area contributed by atoms with E-state index in [0.29, 0.717) is 0 Å². The predicted octanol–water partition coefficient (Wildman–Crippen LogP) is 5.34. The molecule has 28 heavy (non-hydrogen) atoms. The molecule has 0 saturated carbocycles. The Labute approximate surface area is 167 Å². The van der Waals surface area contributed by atoms with Crippen molar-refractivity contribution in [3.05, 3.63) is 54.6 Å². The molecule has 0 N–H and O–H groups in total. The number of nitrogens with zero attached hydrogens (tertiary/aromatic N) is 5. The molecule has 146 valence electrons. The largest absolute Gasteiger partial charge is 0.223 e. The van der Waals surface area contributed by atoms with E-state index in [9.17, 15) is 0 Å². The number of hydrogen-bond acceptors (Lipinski definition) is 3. The summed E-state index contributed by atoms with van der Waals surface area (Å²) in [6, 6.07) is 7.68. The zero-order valence-corrected chi connectivity index (χ0v) is 16.7. The van der Waals surface area contributed by atoms with Gasteiger partial charge in [-0.15, -0.1) is 0 Å². The predicted molar refractivity (Wildman–Crippen MR) is 113 cm³/mol. The maximum Gasteiger partial charge on any atom is 0.155 e. The highest BCUT2D eigenvalue weighted by atomic mass is 15.3. The highest BCUT2D eigenvalue weighted by Gasteiger charge is 2.03. The van der Waals surface area contributed by atoms with E-state index < -0.39 is 0 Å². The topological polar surface area (TPSA) is 48.5 Å². The second kappa shape index (κ2) is 11.1. The Morgan fingerprint density at radius 3 is 2.36 bits per heavy atom. The minimum Gasteiger partial charge on any atom is -0.223 e. The smallest absolute Gasteiger partial charge is 0.155 e. The number of pyridine rings is 1. The molecular formula is C23H29N5. The first-order valence-electron chi connectivity index (χ1n) is 10.4. The van der Waals surface area contributed by atoms with Crippen LogP contribution in [0.3, 0.4) is 0 Å². The van der Waals surface area contributed by atoms with Gasteiger partial charge in [-0.1, -0.05) is 69.8 Å². The van der Waals surface area contributed by atoms with Gasteiger partial charge in [0.2, 0.25) is 0 Å². The molecule has 0 aliphatic rings. The third-order valence-electron chi connectivity index (χ3n) is 4.66. The summed E-state index contributed by atoms with van der Waals surface area (Å²) in [6.07, 6.45) is 18.9. The SMILES string of the molecule is CCCCCCCCCCC#Cc1cnn(-c2cccc(-n3cccn3)n2)c1. The van der Waals surface area contributed by atoms with Crippen LogP contribution in [0.2, 0.25) is 0 Å². The van der Waals surface area contributed by atoms with Crippen molar-refractivity contribution < 1.29 is 0 Å². The van der Waals surface area contributed by atoms with Gasteiger partial charge in [-0.3, -0.25) is 0 Å². The van der Waals surface area contributed by atoms with Gasteiger partial charge in [-0.2, -0.15) is 10.2 Å². The van der Waals surface area contributed by atoms with Crippen LogP contribution in [0, 0.1) is 11.8 Å². The second-order valence-corrected chi connectivity index (χ2v) is 7.00. The van der Waals surface area contributed by atoms with E-state index in [1.54, 1.807) is 21.8 Å². The molecule has 0 unspecified atom stereocenters. The number of unbranched alkanes of at least 4 members (excludes halogenated alkanes) is 8. The maximum absolute atomic E-state index is 4.61. The molecule has 3 aromatic heterocycles. The molecule has 5 heteroatoms. The molecule has 0 aliphatic heterocycles. The van der Waals surface area contributed by atoms with Crippen molar-refractivity contribution in [2.24, 2.45) is 0 Å². The average molecular weight is 376 g/mol. The van der Waals surface area contributed by atoms with Crippen molar-refractivity contribution in [3.63, 3.8) is 0 Å². The molecule has 5 nitrogen and oxygen atoms in total. The van der Waals surface area contributed by atoms with E-state index in [2.05, 4.69) is 33.9 Å². The van der Waals surface area contributed by atoms with Crippen LogP contribution < -0.4 is 0 Å². The lowest BCUT2D eigenvalue weighted by molar-refractivity contribution is 0.579. The van der Waals surface area contributed by atoms with Gasteiger partial charge >= 0.3 is 0 Å². The molecule has 0 aliphatic carbocycles. The van der Waals surface area contributed by atoms with Gasteiger partial charge in [0.1, 0.15) is 0 Å².